The normalized spacial score (nSPS) is 20.7. The lowest BCUT2D eigenvalue weighted by Crippen LogP contribution is -2.45. The molecule has 0 bridgehead atoms. The van der Waals surface area contributed by atoms with Crippen molar-refractivity contribution in [2.75, 3.05) is 45.2 Å². The fraction of sp³-hybridized carbons (Fsp3) is 0.556. The number of hydrogen-bond donors (Lipinski definition) is 1. The van der Waals surface area contributed by atoms with Gasteiger partial charge >= 0.3 is 0 Å². The molecule has 2 aliphatic rings. The number of nitrogens with one attached hydrogen (secondary N) is 1. The zero-order valence-electron chi connectivity index (χ0n) is 21.8. The van der Waals surface area contributed by atoms with Crippen LogP contribution in [0.1, 0.15) is 70.4 Å². The molecular weight excluding hydrogens is 424 g/mol. The Balaban J connectivity index is 0.000000771. The minimum absolute atomic E-state index is 0.182. The summed E-state index contributed by atoms with van der Waals surface area (Å²) in [5, 5.41) is 3.79. The smallest absolute Gasteiger partial charge is 0.141 e. The van der Waals surface area contributed by atoms with E-state index in [0.29, 0.717) is 0 Å². The van der Waals surface area contributed by atoms with E-state index in [1.165, 1.54) is 5.82 Å². The third-order valence-electron chi connectivity index (χ3n) is 6.41. The van der Waals surface area contributed by atoms with Gasteiger partial charge in [-0.1, -0.05) is 33.8 Å². The maximum atomic E-state index is 5.55. The Bertz CT molecular complexity index is 1010. The Labute approximate surface area is 205 Å². The Hall–Kier alpha value is -2.64. The molecule has 2 unspecified atom stereocenters. The summed E-state index contributed by atoms with van der Waals surface area (Å²) in [5.74, 6) is 2.08. The van der Waals surface area contributed by atoms with Gasteiger partial charge in [-0.3, -0.25) is 9.38 Å². The molecule has 3 aromatic heterocycles. The average molecular weight is 467 g/mol. The molecule has 0 radical (unpaired) electrons. The van der Waals surface area contributed by atoms with Crippen LogP contribution in [0.2, 0.25) is 0 Å². The Kier molecular flexibility index (Phi) is 9.72. The molecule has 7 nitrogen and oxygen atoms in total. The molecule has 0 saturated carbocycles. The monoisotopic (exact) mass is 466 g/mol. The van der Waals surface area contributed by atoms with Gasteiger partial charge in [0, 0.05) is 38.6 Å². The Morgan fingerprint density at radius 3 is 2.41 bits per heavy atom. The van der Waals surface area contributed by atoms with E-state index >= 15 is 0 Å². The van der Waals surface area contributed by atoms with Crippen molar-refractivity contribution in [2.45, 2.75) is 59.0 Å². The summed E-state index contributed by atoms with van der Waals surface area (Å²) in [7, 11) is 3.90. The second-order valence-electron chi connectivity index (χ2n) is 8.36. The molecule has 5 rings (SSSR count). The van der Waals surface area contributed by atoms with Gasteiger partial charge in [0.2, 0.25) is 0 Å². The van der Waals surface area contributed by atoms with Gasteiger partial charge in [-0.05, 0) is 50.6 Å². The molecule has 0 aromatic carbocycles. The van der Waals surface area contributed by atoms with Crippen molar-refractivity contribution in [3.05, 3.63) is 54.1 Å². The van der Waals surface area contributed by atoms with Crippen molar-refractivity contribution in [2.24, 2.45) is 0 Å². The lowest BCUT2D eigenvalue weighted by atomic mass is 9.94. The number of anilines is 1. The van der Waals surface area contributed by atoms with Crippen molar-refractivity contribution in [3.63, 3.8) is 0 Å². The van der Waals surface area contributed by atoms with E-state index in [9.17, 15) is 0 Å². The van der Waals surface area contributed by atoms with Gasteiger partial charge in [-0.2, -0.15) is 0 Å². The van der Waals surface area contributed by atoms with Crippen LogP contribution in [0.15, 0.2) is 42.7 Å². The summed E-state index contributed by atoms with van der Waals surface area (Å²) in [4.78, 5) is 14.4. The lowest BCUT2D eigenvalue weighted by Gasteiger charge is -2.34. The molecule has 34 heavy (non-hydrogen) atoms. The second-order valence-corrected chi connectivity index (χ2v) is 8.36. The van der Waals surface area contributed by atoms with Gasteiger partial charge in [0.15, 0.2) is 0 Å². The lowest BCUT2D eigenvalue weighted by molar-refractivity contribution is 0.309. The highest BCUT2D eigenvalue weighted by atomic mass is 16.5. The maximum Gasteiger partial charge on any atom is 0.141 e. The van der Waals surface area contributed by atoms with Gasteiger partial charge in [-0.25, -0.2) is 4.98 Å². The van der Waals surface area contributed by atoms with Gasteiger partial charge < -0.3 is 19.9 Å². The summed E-state index contributed by atoms with van der Waals surface area (Å²) in [6, 6.07) is 10.7. The second kappa shape index (κ2) is 12.7. The van der Waals surface area contributed by atoms with Crippen LogP contribution >= 0.6 is 0 Å². The molecule has 2 fully saturated rings. The third kappa shape index (κ3) is 5.70. The first-order chi connectivity index (χ1) is 16.7. The number of rotatable bonds is 4. The van der Waals surface area contributed by atoms with E-state index in [-0.39, 0.29) is 12.1 Å². The molecule has 186 valence electrons. The summed E-state index contributed by atoms with van der Waals surface area (Å²) in [6.07, 6.45) is 7.35. The Morgan fingerprint density at radius 2 is 1.68 bits per heavy atom. The molecule has 5 heterocycles. The summed E-state index contributed by atoms with van der Waals surface area (Å²) >= 11 is 0. The minimum Gasteiger partial charge on any atom is -0.495 e. The fourth-order valence-corrected chi connectivity index (χ4v) is 4.70. The minimum atomic E-state index is 0.182. The largest absolute Gasteiger partial charge is 0.495 e. The Morgan fingerprint density at radius 1 is 0.941 bits per heavy atom. The van der Waals surface area contributed by atoms with Gasteiger partial charge in [0.1, 0.15) is 17.2 Å². The van der Waals surface area contributed by atoms with Crippen LogP contribution in [0.5, 0.6) is 5.75 Å². The number of piperidine rings is 1. The van der Waals surface area contributed by atoms with Crippen LogP contribution in [0, 0.1) is 0 Å². The van der Waals surface area contributed by atoms with E-state index in [1.807, 2.05) is 46.0 Å². The first-order valence-corrected chi connectivity index (χ1v) is 12.9. The van der Waals surface area contributed by atoms with E-state index in [2.05, 4.69) is 55.9 Å². The quantitative estimate of drug-likeness (QED) is 0.577. The summed E-state index contributed by atoms with van der Waals surface area (Å²) in [6.45, 7) is 12.3. The van der Waals surface area contributed by atoms with E-state index in [4.69, 9.17) is 9.72 Å². The number of fused-ring (bicyclic) bond motifs is 1. The zero-order valence-corrected chi connectivity index (χ0v) is 21.8. The number of methoxy groups -OCH3 is 1. The average Bonchev–Trinajstić information content (AvgIpc) is 3.36. The highest BCUT2D eigenvalue weighted by Crippen LogP contribution is 2.35. The third-order valence-corrected chi connectivity index (χ3v) is 6.41. The first kappa shape index (κ1) is 26.0. The number of nitrogens with zero attached hydrogens (tertiary/aromatic N) is 5. The number of hydrogen-bond acceptors (Lipinski definition) is 6. The molecule has 0 spiro atoms. The number of pyridine rings is 2. The highest BCUT2D eigenvalue weighted by Gasteiger charge is 2.28. The summed E-state index contributed by atoms with van der Waals surface area (Å²) in [5.41, 5.74) is 3.11. The number of aromatic nitrogens is 3. The van der Waals surface area contributed by atoms with Crippen molar-refractivity contribution >= 4 is 11.5 Å². The molecule has 2 aliphatic heterocycles. The van der Waals surface area contributed by atoms with Crippen molar-refractivity contribution < 1.29 is 4.74 Å². The van der Waals surface area contributed by atoms with Crippen molar-refractivity contribution in [1.29, 1.82) is 0 Å². The van der Waals surface area contributed by atoms with Crippen LogP contribution < -0.4 is 15.0 Å². The molecule has 0 amide bonds. The number of imidazole rings is 1. The first-order valence-electron chi connectivity index (χ1n) is 12.9. The fourth-order valence-electron chi connectivity index (χ4n) is 4.70. The predicted molar refractivity (Wildman–Crippen MR) is 141 cm³/mol. The highest BCUT2D eigenvalue weighted by molar-refractivity contribution is 5.53. The molecule has 7 heteroatoms. The van der Waals surface area contributed by atoms with E-state index in [0.717, 1.165) is 68.2 Å². The van der Waals surface area contributed by atoms with Crippen LogP contribution in [0.25, 0.3) is 5.65 Å². The zero-order chi connectivity index (χ0) is 24.5. The van der Waals surface area contributed by atoms with E-state index < -0.39 is 0 Å². The van der Waals surface area contributed by atoms with Crippen molar-refractivity contribution in [1.82, 2.24) is 24.6 Å². The summed E-state index contributed by atoms with van der Waals surface area (Å²) < 4.78 is 7.80. The topological polar surface area (TPSA) is 57.9 Å². The molecule has 2 atom stereocenters. The van der Waals surface area contributed by atoms with E-state index in [1.54, 1.807) is 7.11 Å². The van der Waals surface area contributed by atoms with Gasteiger partial charge in [0.05, 0.1) is 30.6 Å². The number of piperazine rings is 1. The van der Waals surface area contributed by atoms with Crippen molar-refractivity contribution in [3.8, 4) is 5.75 Å². The predicted octanol–water partition coefficient (Wildman–Crippen LogP) is 5.10. The van der Waals surface area contributed by atoms with Crippen LogP contribution in [0.4, 0.5) is 5.82 Å². The molecule has 3 aromatic rings. The molecule has 0 aliphatic carbocycles. The van der Waals surface area contributed by atoms with Gasteiger partial charge in [-0.15, -0.1) is 0 Å². The standard InChI is InChI=1S/C23H30N6O.2C2H6/c1-27-12-14-28(15-13-27)22-10-4-9-21-26-19(16-29(21)22)17-6-3-7-18(25-17)23-20(30-2)8-5-11-24-23;2*1-2/h4-5,8-11,16-18,25H,3,6-7,12-15H2,1-2H3;2*1-2H3. The van der Waals surface area contributed by atoms with Crippen LogP contribution in [-0.4, -0.2) is 59.6 Å². The maximum absolute atomic E-state index is 5.55. The molecule has 2 saturated heterocycles. The van der Waals surface area contributed by atoms with Gasteiger partial charge in [0.25, 0.3) is 0 Å². The van der Waals surface area contributed by atoms with Crippen LogP contribution in [-0.2, 0) is 0 Å². The molecule has 1 N–H and O–H groups in total. The SMILES string of the molecule is CC.CC.COc1cccnc1C1CCCC(c2cn3c(N4CCN(C)CC4)cccc3n2)N1. The number of likely N-dealkylation sites (N-methyl/N-ethyl adjacent to an activating group) is 1. The molecular formula is C27H42N6O. The number of ether oxygens (including phenoxy) is 1. The van der Waals surface area contributed by atoms with Crippen LogP contribution in [0.3, 0.4) is 0 Å².